The molecule has 1 amide bonds. The minimum Gasteiger partial charge on any atom is -0.491 e. The van der Waals surface area contributed by atoms with E-state index in [9.17, 15) is 13.2 Å². The molecule has 0 heterocycles. The van der Waals surface area contributed by atoms with Crippen LogP contribution < -0.4 is 19.1 Å². The predicted octanol–water partition coefficient (Wildman–Crippen LogP) is 3.05. The molecule has 0 saturated carbocycles. The lowest BCUT2D eigenvalue weighted by Gasteiger charge is -2.19. The number of nitrogens with zero attached hydrogens (tertiary/aromatic N) is 1. The van der Waals surface area contributed by atoms with E-state index in [0.29, 0.717) is 31.0 Å². The molecular weight excluding hydrogens is 404 g/mol. The van der Waals surface area contributed by atoms with Gasteiger partial charge in [0.15, 0.2) is 6.10 Å². The third kappa shape index (κ3) is 6.66. The molecule has 2 rings (SSSR count). The van der Waals surface area contributed by atoms with E-state index in [2.05, 4.69) is 5.32 Å². The molecule has 7 nitrogen and oxygen atoms in total. The number of amides is 1. The number of rotatable bonds is 10. The van der Waals surface area contributed by atoms with Crippen molar-refractivity contribution in [2.75, 3.05) is 30.8 Å². The van der Waals surface area contributed by atoms with Crippen molar-refractivity contribution in [1.82, 2.24) is 5.32 Å². The molecule has 0 aliphatic rings. The van der Waals surface area contributed by atoms with Gasteiger partial charge in [-0.3, -0.25) is 9.10 Å². The minimum atomic E-state index is -3.33. The molecule has 0 saturated heterocycles. The SMILES string of the molecule is CCC(Oc1ccc(N(C)S(C)(=O)=O)cc1)C(=O)NCCOc1ccc(C)cc1C. The van der Waals surface area contributed by atoms with Crippen molar-refractivity contribution in [2.45, 2.75) is 33.3 Å². The number of carbonyl (C=O) groups excluding carboxylic acids is 1. The molecule has 8 heteroatoms. The van der Waals surface area contributed by atoms with Crippen molar-refractivity contribution in [1.29, 1.82) is 0 Å². The van der Waals surface area contributed by atoms with Crippen LogP contribution in [0.25, 0.3) is 0 Å². The van der Waals surface area contributed by atoms with Gasteiger partial charge in [0, 0.05) is 7.05 Å². The van der Waals surface area contributed by atoms with Crippen molar-refractivity contribution >= 4 is 21.6 Å². The first-order valence-electron chi connectivity index (χ1n) is 9.80. The molecular formula is C22H30N2O5S. The van der Waals surface area contributed by atoms with Crippen LogP contribution >= 0.6 is 0 Å². The summed E-state index contributed by atoms with van der Waals surface area (Å²) >= 11 is 0. The lowest BCUT2D eigenvalue weighted by molar-refractivity contribution is -0.128. The van der Waals surface area contributed by atoms with Gasteiger partial charge in [-0.05, 0) is 56.2 Å². The molecule has 30 heavy (non-hydrogen) atoms. The second-order valence-electron chi connectivity index (χ2n) is 7.15. The number of aryl methyl sites for hydroxylation is 2. The first-order valence-corrected chi connectivity index (χ1v) is 11.6. The zero-order valence-electron chi connectivity index (χ0n) is 18.1. The van der Waals surface area contributed by atoms with Crippen LogP contribution in [0.5, 0.6) is 11.5 Å². The van der Waals surface area contributed by atoms with Crippen LogP contribution in [0.3, 0.4) is 0 Å². The summed E-state index contributed by atoms with van der Waals surface area (Å²) in [5.74, 6) is 1.07. The Bertz CT molecular complexity index is 958. The Labute approximate surface area is 179 Å². The summed E-state index contributed by atoms with van der Waals surface area (Å²) < 4.78 is 35.9. The summed E-state index contributed by atoms with van der Waals surface area (Å²) in [6.07, 6.45) is 0.984. The largest absolute Gasteiger partial charge is 0.491 e. The highest BCUT2D eigenvalue weighted by atomic mass is 32.2. The molecule has 1 N–H and O–H groups in total. The van der Waals surface area contributed by atoms with Gasteiger partial charge in [0.05, 0.1) is 18.5 Å². The lowest BCUT2D eigenvalue weighted by Crippen LogP contribution is -2.39. The quantitative estimate of drug-likeness (QED) is 0.581. The third-order valence-electron chi connectivity index (χ3n) is 4.63. The fourth-order valence-electron chi connectivity index (χ4n) is 2.82. The molecule has 0 radical (unpaired) electrons. The van der Waals surface area contributed by atoms with Gasteiger partial charge in [-0.2, -0.15) is 0 Å². The Morgan fingerprint density at radius 2 is 1.80 bits per heavy atom. The molecule has 2 aromatic rings. The highest BCUT2D eigenvalue weighted by Crippen LogP contribution is 2.21. The Balaban J connectivity index is 1.85. The van der Waals surface area contributed by atoms with E-state index in [1.54, 1.807) is 24.3 Å². The van der Waals surface area contributed by atoms with Crippen LogP contribution in [0.1, 0.15) is 24.5 Å². The Morgan fingerprint density at radius 3 is 2.37 bits per heavy atom. The van der Waals surface area contributed by atoms with Crippen molar-refractivity contribution in [2.24, 2.45) is 0 Å². The van der Waals surface area contributed by atoms with E-state index in [-0.39, 0.29) is 5.91 Å². The Kier molecular flexibility index (Phi) is 8.11. The summed E-state index contributed by atoms with van der Waals surface area (Å²) in [6.45, 7) is 6.60. The number of hydrogen-bond donors (Lipinski definition) is 1. The Hall–Kier alpha value is -2.74. The van der Waals surface area contributed by atoms with E-state index in [1.165, 1.54) is 16.9 Å². The predicted molar refractivity (Wildman–Crippen MR) is 119 cm³/mol. The van der Waals surface area contributed by atoms with Crippen LogP contribution in [0.4, 0.5) is 5.69 Å². The summed E-state index contributed by atoms with van der Waals surface area (Å²) in [4.78, 5) is 12.4. The molecule has 0 aliphatic carbocycles. The molecule has 2 aromatic carbocycles. The topological polar surface area (TPSA) is 84.9 Å². The molecule has 0 aliphatic heterocycles. The van der Waals surface area contributed by atoms with Crippen LogP contribution in [-0.2, 0) is 14.8 Å². The molecule has 1 unspecified atom stereocenters. The fourth-order valence-corrected chi connectivity index (χ4v) is 3.33. The van der Waals surface area contributed by atoms with Gasteiger partial charge in [0.2, 0.25) is 10.0 Å². The maximum absolute atomic E-state index is 12.4. The average Bonchev–Trinajstić information content (AvgIpc) is 2.69. The van der Waals surface area contributed by atoms with E-state index in [1.807, 2.05) is 39.0 Å². The van der Waals surface area contributed by atoms with Gasteiger partial charge in [-0.15, -0.1) is 0 Å². The highest BCUT2D eigenvalue weighted by Gasteiger charge is 2.18. The van der Waals surface area contributed by atoms with Gasteiger partial charge in [0.1, 0.15) is 18.1 Å². The number of anilines is 1. The number of nitrogens with one attached hydrogen (secondary N) is 1. The fraction of sp³-hybridized carbons (Fsp3) is 0.409. The summed E-state index contributed by atoms with van der Waals surface area (Å²) in [5.41, 5.74) is 2.75. The van der Waals surface area contributed by atoms with Gasteiger partial charge in [0.25, 0.3) is 5.91 Å². The van der Waals surface area contributed by atoms with Crippen LogP contribution in [0, 0.1) is 13.8 Å². The molecule has 0 fully saturated rings. The Morgan fingerprint density at radius 1 is 1.13 bits per heavy atom. The van der Waals surface area contributed by atoms with Crippen LogP contribution in [0.2, 0.25) is 0 Å². The molecule has 1 atom stereocenters. The first-order chi connectivity index (χ1) is 14.1. The van der Waals surface area contributed by atoms with Crippen molar-refractivity contribution in [3.8, 4) is 11.5 Å². The number of hydrogen-bond acceptors (Lipinski definition) is 5. The maximum atomic E-state index is 12.4. The summed E-state index contributed by atoms with van der Waals surface area (Å²) in [5, 5.41) is 2.83. The zero-order valence-corrected chi connectivity index (χ0v) is 19.0. The molecule has 0 aromatic heterocycles. The van der Waals surface area contributed by atoms with E-state index < -0.39 is 16.1 Å². The van der Waals surface area contributed by atoms with Crippen LogP contribution in [0.15, 0.2) is 42.5 Å². The minimum absolute atomic E-state index is 0.223. The van der Waals surface area contributed by atoms with Crippen molar-refractivity contribution in [3.63, 3.8) is 0 Å². The molecule has 0 spiro atoms. The normalized spacial score (nSPS) is 12.2. The van der Waals surface area contributed by atoms with Crippen molar-refractivity contribution < 1.29 is 22.7 Å². The maximum Gasteiger partial charge on any atom is 0.261 e. The highest BCUT2D eigenvalue weighted by molar-refractivity contribution is 7.92. The second kappa shape index (κ2) is 10.3. The van der Waals surface area contributed by atoms with Gasteiger partial charge in [-0.25, -0.2) is 8.42 Å². The van der Waals surface area contributed by atoms with E-state index >= 15 is 0 Å². The summed E-state index contributed by atoms with van der Waals surface area (Å²) in [6, 6.07) is 12.5. The average molecular weight is 435 g/mol. The van der Waals surface area contributed by atoms with E-state index in [4.69, 9.17) is 9.47 Å². The summed E-state index contributed by atoms with van der Waals surface area (Å²) in [7, 11) is -1.85. The van der Waals surface area contributed by atoms with Crippen LogP contribution in [-0.4, -0.2) is 46.9 Å². The third-order valence-corrected chi connectivity index (χ3v) is 5.83. The molecule has 0 bridgehead atoms. The van der Waals surface area contributed by atoms with Gasteiger partial charge < -0.3 is 14.8 Å². The molecule has 164 valence electrons. The van der Waals surface area contributed by atoms with E-state index in [0.717, 1.165) is 17.6 Å². The monoisotopic (exact) mass is 434 g/mol. The number of carbonyl (C=O) groups is 1. The van der Waals surface area contributed by atoms with Gasteiger partial charge >= 0.3 is 0 Å². The second-order valence-corrected chi connectivity index (χ2v) is 9.16. The number of benzene rings is 2. The van der Waals surface area contributed by atoms with Crippen molar-refractivity contribution in [3.05, 3.63) is 53.6 Å². The standard InChI is InChI=1S/C22H30N2O5S/c1-6-20(29-19-10-8-18(9-11-19)24(4)30(5,26)27)22(25)23-13-14-28-21-12-7-16(2)15-17(21)3/h7-12,15,20H,6,13-14H2,1-5H3,(H,23,25). The lowest BCUT2D eigenvalue weighted by atomic mass is 10.1. The smallest absolute Gasteiger partial charge is 0.261 e. The number of sulfonamides is 1. The van der Waals surface area contributed by atoms with Gasteiger partial charge in [-0.1, -0.05) is 24.6 Å². The number of ether oxygens (including phenoxy) is 2. The first kappa shape index (κ1) is 23.5. The zero-order chi connectivity index (χ0) is 22.3.